The fourth-order valence-electron chi connectivity index (χ4n) is 3.52. The van der Waals surface area contributed by atoms with Crippen LogP contribution in [0.5, 0.6) is 11.5 Å². The van der Waals surface area contributed by atoms with E-state index < -0.39 is 0 Å². The highest BCUT2D eigenvalue weighted by molar-refractivity contribution is 5.79. The third-order valence-electron chi connectivity index (χ3n) is 5.16. The minimum atomic E-state index is -0.173. The molecule has 0 spiro atoms. The van der Waals surface area contributed by atoms with Crippen molar-refractivity contribution in [2.24, 2.45) is 17.6 Å². The van der Waals surface area contributed by atoms with Crippen molar-refractivity contribution in [3.8, 4) is 11.5 Å². The lowest BCUT2D eigenvalue weighted by molar-refractivity contribution is -0.126. The van der Waals surface area contributed by atoms with Crippen LogP contribution in [0.2, 0.25) is 0 Å². The first-order valence-electron chi connectivity index (χ1n) is 8.39. The molecule has 1 aliphatic heterocycles. The van der Waals surface area contributed by atoms with E-state index in [-0.39, 0.29) is 24.0 Å². The average Bonchev–Trinajstić information content (AvgIpc) is 3.20. The van der Waals surface area contributed by atoms with Crippen LogP contribution in [0.25, 0.3) is 0 Å². The third-order valence-corrected chi connectivity index (χ3v) is 5.16. The molecule has 0 bridgehead atoms. The van der Waals surface area contributed by atoms with Gasteiger partial charge in [-0.15, -0.1) is 0 Å². The van der Waals surface area contributed by atoms with E-state index in [0.29, 0.717) is 19.0 Å². The second kappa shape index (κ2) is 6.40. The lowest BCUT2D eigenvalue weighted by Crippen LogP contribution is -2.41. The van der Waals surface area contributed by atoms with Crippen LogP contribution in [-0.2, 0) is 10.2 Å². The van der Waals surface area contributed by atoms with Gasteiger partial charge in [0.05, 0.1) is 0 Å². The van der Waals surface area contributed by atoms with E-state index in [1.165, 1.54) is 0 Å². The number of rotatable bonds is 5. The number of fused-ring (bicyclic) bond motifs is 1. The molecule has 2 aliphatic rings. The first-order valence-corrected chi connectivity index (χ1v) is 8.39. The Morgan fingerprint density at radius 2 is 2.09 bits per heavy atom. The molecule has 3 N–H and O–H groups in total. The highest BCUT2D eigenvalue weighted by atomic mass is 16.7. The maximum Gasteiger partial charge on any atom is 0.231 e. The molecule has 0 saturated heterocycles. The van der Waals surface area contributed by atoms with E-state index in [1.807, 2.05) is 18.2 Å². The summed E-state index contributed by atoms with van der Waals surface area (Å²) in [5, 5.41) is 3.13. The molecule has 5 nitrogen and oxygen atoms in total. The summed E-state index contributed by atoms with van der Waals surface area (Å²) in [6, 6.07) is 5.98. The molecule has 2 atom stereocenters. The molecule has 1 aromatic rings. The topological polar surface area (TPSA) is 73.6 Å². The molecule has 1 heterocycles. The van der Waals surface area contributed by atoms with Crippen molar-refractivity contribution in [1.29, 1.82) is 0 Å². The fraction of sp³-hybridized carbons (Fsp3) is 0.611. The average molecular weight is 318 g/mol. The molecule has 1 aliphatic carbocycles. The standard InChI is InChI=1S/C18H26N2O3/c1-18(2,13-6-7-15-16(8-13)23-11-22-15)10-20-17(21)14-5-3-4-12(14)9-19/h6-8,12,14H,3-5,9-11,19H2,1-2H3,(H,20,21)/t12-,14-/m1/s1. The summed E-state index contributed by atoms with van der Waals surface area (Å²) in [7, 11) is 0. The van der Waals surface area contributed by atoms with Crippen molar-refractivity contribution in [2.75, 3.05) is 19.9 Å². The molecule has 23 heavy (non-hydrogen) atoms. The second-order valence-corrected chi connectivity index (χ2v) is 7.20. The number of hydrogen-bond donors (Lipinski definition) is 2. The number of nitrogens with two attached hydrogens (primary N) is 1. The Morgan fingerprint density at radius 1 is 1.30 bits per heavy atom. The quantitative estimate of drug-likeness (QED) is 0.873. The fourth-order valence-corrected chi connectivity index (χ4v) is 3.52. The summed E-state index contributed by atoms with van der Waals surface area (Å²) in [5.41, 5.74) is 6.74. The molecular weight excluding hydrogens is 292 g/mol. The largest absolute Gasteiger partial charge is 0.454 e. The Bertz CT molecular complexity index is 586. The van der Waals surface area contributed by atoms with E-state index >= 15 is 0 Å². The lowest BCUT2D eigenvalue weighted by Gasteiger charge is -2.27. The smallest absolute Gasteiger partial charge is 0.231 e. The van der Waals surface area contributed by atoms with Gasteiger partial charge in [-0.05, 0) is 43.0 Å². The summed E-state index contributed by atoms with van der Waals surface area (Å²) in [6.45, 7) is 5.72. The van der Waals surface area contributed by atoms with Gasteiger partial charge >= 0.3 is 0 Å². The van der Waals surface area contributed by atoms with Crippen LogP contribution in [0.15, 0.2) is 18.2 Å². The number of benzene rings is 1. The van der Waals surface area contributed by atoms with Gasteiger partial charge in [0.15, 0.2) is 11.5 Å². The Kier molecular flexibility index (Phi) is 4.48. The molecular formula is C18H26N2O3. The molecule has 1 fully saturated rings. The van der Waals surface area contributed by atoms with Gasteiger partial charge in [-0.1, -0.05) is 26.3 Å². The molecule has 0 radical (unpaired) electrons. The SMILES string of the molecule is CC(C)(CNC(=O)[C@@H]1CCC[C@@H]1CN)c1ccc2c(c1)OCO2. The summed E-state index contributed by atoms with van der Waals surface area (Å²) in [4.78, 5) is 12.5. The van der Waals surface area contributed by atoms with Gasteiger partial charge in [-0.2, -0.15) is 0 Å². The molecule has 126 valence electrons. The number of amides is 1. The van der Waals surface area contributed by atoms with Crippen LogP contribution in [0.1, 0.15) is 38.7 Å². The van der Waals surface area contributed by atoms with E-state index in [9.17, 15) is 4.79 Å². The minimum Gasteiger partial charge on any atom is -0.454 e. The van der Waals surface area contributed by atoms with E-state index in [2.05, 4.69) is 19.2 Å². The number of carbonyl (C=O) groups excluding carboxylic acids is 1. The first kappa shape index (κ1) is 16.1. The predicted molar refractivity (Wildman–Crippen MR) is 88.5 cm³/mol. The molecule has 0 aromatic heterocycles. The number of ether oxygens (including phenoxy) is 2. The van der Waals surface area contributed by atoms with Crippen molar-refractivity contribution in [3.05, 3.63) is 23.8 Å². The highest BCUT2D eigenvalue weighted by Crippen LogP contribution is 2.36. The van der Waals surface area contributed by atoms with Crippen LogP contribution in [0.4, 0.5) is 0 Å². The Labute approximate surface area is 137 Å². The zero-order chi connectivity index (χ0) is 16.4. The predicted octanol–water partition coefficient (Wildman–Crippen LogP) is 2.18. The van der Waals surface area contributed by atoms with Crippen LogP contribution in [-0.4, -0.2) is 25.8 Å². The van der Waals surface area contributed by atoms with Crippen LogP contribution in [0, 0.1) is 11.8 Å². The number of nitrogens with one attached hydrogen (secondary N) is 1. The second-order valence-electron chi connectivity index (χ2n) is 7.20. The van der Waals surface area contributed by atoms with E-state index in [1.54, 1.807) is 0 Å². The van der Waals surface area contributed by atoms with Crippen LogP contribution < -0.4 is 20.5 Å². The van der Waals surface area contributed by atoms with Gasteiger partial charge in [0.1, 0.15) is 0 Å². The summed E-state index contributed by atoms with van der Waals surface area (Å²) < 4.78 is 10.8. The molecule has 1 aromatic carbocycles. The summed E-state index contributed by atoms with van der Waals surface area (Å²) in [6.07, 6.45) is 3.13. The zero-order valence-corrected chi connectivity index (χ0v) is 13.9. The van der Waals surface area contributed by atoms with Gasteiger partial charge < -0.3 is 20.5 Å². The van der Waals surface area contributed by atoms with Crippen molar-refractivity contribution in [1.82, 2.24) is 5.32 Å². The molecule has 3 rings (SSSR count). The van der Waals surface area contributed by atoms with Gasteiger partial charge in [0, 0.05) is 17.9 Å². The van der Waals surface area contributed by atoms with Gasteiger partial charge in [-0.3, -0.25) is 4.79 Å². The monoisotopic (exact) mass is 318 g/mol. The molecule has 5 heteroatoms. The Balaban J connectivity index is 1.63. The first-order chi connectivity index (χ1) is 11.0. The van der Waals surface area contributed by atoms with E-state index in [0.717, 1.165) is 36.3 Å². The van der Waals surface area contributed by atoms with Crippen molar-refractivity contribution < 1.29 is 14.3 Å². The molecule has 1 saturated carbocycles. The van der Waals surface area contributed by atoms with Gasteiger partial charge in [-0.25, -0.2) is 0 Å². The maximum absolute atomic E-state index is 12.5. The molecule has 0 unspecified atom stereocenters. The van der Waals surface area contributed by atoms with Gasteiger partial charge in [0.2, 0.25) is 12.7 Å². The van der Waals surface area contributed by atoms with Crippen LogP contribution in [0.3, 0.4) is 0 Å². The maximum atomic E-state index is 12.5. The Morgan fingerprint density at radius 3 is 2.87 bits per heavy atom. The van der Waals surface area contributed by atoms with Crippen LogP contribution >= 0.6 is 0 Å². The summed E-state index contributed by atoms with van der Waals surface area (Å²) in [5.74, 6) is 2.12. The lowest BCUT2D eigenvalue weighted by atomic mass is 9.84. The third kappa shape index (κ3) is 3.29. The highest BCUT2D eigenvalue weighted by Gasteiger charge is 2.33. The number of hydrogen-bond acceptors (Lipinski definition) is 4. The van der Waals surface area contributed by atoms with E-state index in [4.69, 9.17) is 15.2 Å². The van der Waals surface area contributed by atoms with Crippen molar-refractivity contribution in [2.45, 2.75) is 38.5 Å². The van der Waals surface area contributed by atoms with Gasteiger partial charge in [0.25, 0.3) is 0 Å². The van der Waals surface area contributed by atoms with Crippen molar-refractivity contribution >= 4 is 5.91 Å². The minimum absolute atomic E-state index is 0.0764. The normalized spacial score (nSPS) is 23.1. The zero-order valence-electron chi connectivity index (χ0n) is 13.9. The number of carbonyl (C=O) groups is 1. The summed E-state index contributed by atoms with van der Waals surface area (Å²) >= 11 is 0. The Hall–Kier alpha value is -1.75. The molecule has 1 amide bonds. The van der Waals surface area contributed by atoms with Crippen molar-refractivity contribution in [3.63, 3.8) is 0 Å².